The van der Waals surface area contributed by atoms with Gasteiger partial charge in [-0.3, -0.25) is 0 Å². The maximum Gasteiger partial charge on any atom is 0.372 e. The summed E-state index contributed by atoms with van der Waals surface area (Å²) < 4.78 is 10.8. The van der Waals surface area contributed by atoms with Crippen LogP contribution in [0.25, 0.3) is 6.08 Å². The van der Waals surface area contributed by atoms with Crippen LogP contribution in [-0.2, 0) is 14.0 Å². The van der Waals surface area contributed by atoms with Crippen molar-refractivity contribution >= 4 is 20.4 Å². The Morgan fingerprint density at radius 1 is 1.22 bits per heavy atom. The van der Waals surface area contributed by atoms with Gasteiger partial charge < -0.3 is 9.16 Å². The first-order valence-electron chi connectivity index (χ1n) is 6.05. The van der Waals surface area contributed by atoms with E-state index >= 15 is 0 Å². The molecule has 1 rings (SSSR count). The van der Waals surface area contributed by atoms with Gasteiger partial charge in [-0.05, 0) is 38.2 Å². The Balaban J connectivity index is 2.97. The molecule has 0 radical (unpaired) electrons. The van der Waals surface area contributed by atoms with E-state index in [0.717, 1.165) is 5.56 Å². The summed E-state index contributed by atoms with van der Waals surface area (Å²) in [6, 6.07) is 9.62. The molecule has 0 saturated heterocycles. The second kappa shape index (κ2) is 6.40. The first-order chi connectivity index (χ1) is 8.42. The number of hydrogen-bond donors (Lipinski definition) is 0. The number of benzene rings is 1. The highest BCUT2D eigenvalue weighted by atomic mass is 28.4. The van der Waals surface area contributed by atoms with Crippen LogP contribution in [0.4, 0.5) is 0 Å². The lowest BCUT2D eigenvalue weighted by molar-refractivity contribution is -0.141. The third-order valence-electron chi connectivity index (χ3n) is 1.99. The van der Waals surface area contributed by atoms with E-state index in [1.807, 2.05) is 50.0 Å². The van der Waals surface area contributed by atoms with Crippen molar-refractivity contribution in [1.82, 2.24) is 0 Å². The number of hydrogen-bond acceptors (Lipinski definition) is 3. The second-order valence-electron chi connectivity index (χ2n) is 4.85. The van der Waals surface area contributed by atoms with Crippen LogP contribution >= 0.6 is 0 Å². The normalized spacial score (nSPS) is 12.1. The molecule has 0 heterocycles. The van der Waals surface area contributed by atoms with Gasteiger partial charge in [0.05, 0.1) is 6.61 Å². The van der Waals surface area contributed by atoms with Crippen LogP contribution in [0.15, 0.2) is 36.1 Å². The Hall–Kier alpha value is -1.55. The highest BCUT2D eigenvalue weighted by Crippen LogP contribution is 2.15. The lowest BCUT2D eigenvalue weighted by Gasteiger charge is -2.20. The maximum atomic E-state index is 11.8. The van der Waals surface area contributed by atoms with Crippen molar-refractivity contribution in [3.8, 4) is 0 Å². The molecule has 3 nitrogen and oxygen atoms in total. The van der Waals surface area contributed by atoms with Crippen LogP contribution in [0.1, 0.15) is 12.5 Å². The molecule has 0 amide bonds. The van der Waals surface area contributed by atoms with E-state index < -0.39 is 14.3 Å². The molecule has 0 N–H and O–H groups in total. The molecule has 0 aliphatic heterocycles. The Morgan fingerprint density at radius 2 is 1.83 bits per heavy atom. The maximum absolute atomic E-state index is 11.8. The van der Waals surface area contributed by atoms with E-state index in [2.05, 4.69) is 0 Å². The van der Waals surface area contributed by atoms with Gasteiger partial charge in [-0.2, -0.15) is 0 Å². The largest absolute Gasteiger partial charge is 0.539 e. The first kappa shape index (κ1) is 14.5. The van der Waals surface area contributed by atoms with Crippen molar-refractivity contribution < 1.29 is 14.0 Å². The van der Waals surface area contributed by atoms with Gasteiger partial charge in [0.1, 0.15) is 0 Å². The van der Waals surface area contributed by atoms with E-state index in [9.17, 15) is 4.79 Å². The molecule has 0 aromatic heterocycles. The molecule has 0 spiro atoms. The zero-order chi connectivity index (χ0) is 13.6. The standard InChI is InChI=1S/C14H20O3Si/c1-5-16-14(15)13(17-18(2,3)4)11-12-9-7-6-8-10-12/h6-11H,5H2,1-4H3/b13-11+. The number of carbonyl (C=O) groups excluding carboxylic acids is 1. The summed E-state index contributed by atoms with van der Waals surface area (Å²) >= 11 is 0. The Morgan fingerprint density at radius 3 is 2.33 bits per heavy atom. The molecule has 0 saturated carbocycles. The highest BCUT2D eigenvalue weighted by molar-refractivity contribution is 6.70. The van der Waals surface area contributed by atoms with Crippen LogP contribution in [0, 0.1) is 0 Å². The van der Waals surface area contributed by atoms with Gasteiger partial charge in [0, 0.05) is 0 Å². The molecular formula is C14H20O3Si. The van der Waals surface area contributed by atoms with Gasteiger partial charge in [-0.25, -0.2) is 4.79 Å². The molecule has 0 aliphatic rings. The topological polar surface area (TPSA) is 35.5 Å². The van der Waals surface area contributed by atoms with Crippen LogP contribution in [0.5, 0.6) is 0 Å². The Kier molecular flexibility index (Phi) is 5.16. The smallest absolute Gasteiger partial charge is 0.372 e. The zero-order valence-corrected chi connectivity index (χ0v) is 12.4. The fourth-order valence-electron chi connectivity index (χ4n) is 1.36. The van der Waals surface area contributed by atoms with Crippen LogP contribution in [-0.4, -0.2) is 20.9 Å². The van der Waals surface area contributed by atoms with Gasteiger partial charge >= 0.3 is 5.97 Å². The number of rotatable bonds is 5. The summed E-state index contributed by atoms with van der Waals surface area (Å²) in [6.07, 6.45) is 1.73. The Labute approximate surface area is 110 Å². The van der Waals surface area contributed by atoms with Crippen LogP contribution in [0.2, 0.25) is 19.6 Å². The molecule has 98 valence electrons. The lowest BCUT2D eigenvalue weighted by atomic mass is 10.2. The third-order valence-corrected chi connectivity index (χ3v) is 2.82. The number of ether oxygens (including phenoxy) is 1. The van der Waals surface area contributed by atoms with Gasteiger partial charge in [0.15, 0.2) is 5.76 Å². The molecule has 1 aromatic rings. The lowest BCUT2D eigenvalue weighted by Crippen LogP contribution is -2.28. The van der Waals surface area contributed by atoms with E-state index in [1.165, 1.54) is 0 Å². The zero-order valence-electron chi connectivity index (χ0n) is 11.4. The molecule has 0 bridgehead atoms. The predicted molar refractivity (Wildman–Crippen MR) is 75.5 cm³/mol. The van der Waals surface area contributed by atoms with Crippen molar-refractivity contribution in [1.29, 1.82) is 0 Å². The van der Waals surface area contributed by atoms with Gasteiger partial charge in [0.25, 0.3) is 0 Å². The summed E-state index contributed by atoms with van der Waals surface area (Å²) in [7, 11) is -1.84. The van der Waals surface area contributed by atoms with Crippen molar-refractivity contribution in [3.05, 3.63) is 41.7 Å². The molecule has 0 atom stereocenters. The SMILES string of the molecule is CCOC(=O)/C(=C\c1ccccc1)O[Si](C)(C)C. The average Bonchev–Trinajstić information content (AvgIpc) is 2.28. The molecule has 0 fully saturated rings. The third kappa shape index (κ3) is 5.18. The molecule has 0 aliphatic carbocycles. The van der Waals surface area contributed by atoms with Crippen molar-refractivity contribution in [2.75, 3.05) is 6.61 Å². The molecule has 4 heteroatoms. The number of esters is 1. The predicted octanol–water partition coefficient (Wildman–Crippen LogP) is 3.44. The minimum absolute atomic E-state index is 0.294. The first-order valence-corrected chi connectivity index (χ1v) is 9.46. The average molecular weight is 264 g/mol. The van der Waals surface area contributed by atoms with Crippen molar-refractivity contribution in [3.63, 3.8) is 0 Å². The van der Waals surface area contributed by atoms with E-state index in [4.69, 9.17) is 9.16 Å². The quantitative estimate of drug-likeness (QED) is 0.354. The number of carbonyl (C=O) groups is 1. The van der Waals surface area contributed by atoms with Gasteiger partial charge in [-0.15, -0.1) is 0 Å². The summed E-state index contributed by atoms with van der Waals surface area (Å²) in [5.41, 5.74) is 0.929. The van der Waals surface area contributed by atoms with Crippen molar-refractivity contribution in [2.24, 2.45) is 0 Å². The summed E-state index contributed by atoms with van der Waals surface area (Å²) in [6.45, 7) is 8.23. The summed E-state index contributed by atoms with van der Waals surface area (Å²) in [5.74, 6) is -0.106. The molecule has 18 heavy (non-hydrogen) atoms. The fraction of sp³-hybridized carbons (Fsp3) is 0.357. The fourth-order valence-corrected chi connectivity index (χ4v) is 2.16. The van der Waals surface area contributed by atoms with E-state index in [1.54, 1.807) is 13.0 Å². The van der Waals surface area contributed by atoms with Gasteiger partial charge in [0.2, 0.25) is 8.32 Å². The minimum Gasteiger partial charge on any atom is -0.539 e. The summed E-state index contributed by atoms with van der Waals surface area (Å²) in [4.78, 5) is 11.8. The molecule has 1 aromatic carbocycles. The van der Waals surface area contributed by atoms with Crippen LogP contribution in [0.3, 0.4) is 0 Å². The van der Waals surface area contributed by atoms with E-state index in [0.29, 0.717) is 12.4 Å². The second-order valence-corrected chi connectivity index (χ2v) is 9.28. The highest BCUT2D eigenvalue weighted by Gasteiger charge is 2.22. The molecular weight excluding hydrogens is 244 g/mol. The van der Waals surface area contributed by atoms with Gasteiger partial charge in [-0.1, -0.05) is 30.3 Å². The van der Waals surface area contributed by atoms with E-state index in [-0.39, 0.29) is 0 Å². The van der Waals surface area contributed by atoms with Crippen LogP contribution < -0.4 is 0 Å². The molecule has 0 unspecified atom stereocenters. The summed E-state index contributed by atoms with van der Waals surface area (Å²) in [5, 5.41) is 0. The monoisotopic (exact) mass is 264 g/mol. The minimum atomic E-state index is -1.84. The van der Waals surface area contributed by atoms with Crippen molar-refractivity contribution in [2.45, 2.75) is 26.6 Å². The Bertz CT molecular complexity index is 418.